The van der Waals surface area contributed by atoms with Crippen LogP contribution in [-0.2, 0) is 16.1 Å². The molecule has 2 aromatic heterocycles. The third kappa shape index (κ3) is 5.67. The number of benzene rings is 1. The molecule has 1 saturated heterocycles. The number of ether oxygens (including phenoxy) is 1. The lowest BCUT2D eigenvalue weighted by Crippen LogP contribution is -2.35. The van der Waals surface area contributed by atoms with E-state index in [4.69, 9.17) is 4.74 Å². The molecule has 0 spiro atoms. The standard InChI is InChI=1S/C24H31N7O3S/c1-15(2)12-26-21-19-13-27-31(22(19)29-24(28-21)35-4)9-8-25-23(33)16-10-20(32)30(14-16)17-6-5-7-18(11-17)34-3/h5-7,11,13,15-16H,8-10,12,14H2,1-4H3,(H,25,33)(H,26,28,29). The molecule has 0 radical (unpaired) electrons. The number of anilines is 2. The highest BCUT2D eigenvalue weighted by atomic mass is 32.2. The predicted octanol–water partition coefficient (Wildman–Crippen LogP) is 2.79. The number of carbonyl (C=O) groups excluding carboxylic acids is 2. The van der Waals surface area contributed by atoms with Crippen molar-refractivity contribution in [3.63, 3.8) is 0 Å². The van der Waals surface area contributed by atoms with E-state index >= 15 is 0 Å². The van der Waals surface area contributed by atoms with E-state index in [1.54, 1.807) is 29.0 Å². The molecule has 1 unspecified atom stereocenters. The zero-order valence-electron chi connectivity index (χ0n) is 20.4. The van der Waals surface area contributed by atoms with E-state index in [9.17, 15) is 9.59 Å². The Balaban J connectivity index is 1.38. The average molecular weight is 498 g/mol. The van der Waals surface area contributed by atoms with Gasteiger partial charge in [0, 0.05) is 37.8 Å². The lowest BCUT2D eigenvalue weighted by atomic mass is 10.1. The normalized spacial score (nSPS) is 15.7. The van der Waals surface area contributed by atoms with Crippen molar-refractivity contribution in [3.05, 3.63) is 30.5 Å². The van der Waals surface area contributed by atoms with Gasteiger partial charge in [-0.2, -0.15) is 5.10 Å². The number of methoxy groups -OCH3 is 1. The highest BCUT2D eigenvalue weighted by Crippen LogP contribution is 2.28. The third-order valence-electron chi connectivity index (χ3n) is 5.82. The number of nitrogens with zero attached hydrogens (tertiary/aromatic N) is 5. The van der Waals surface area contributed by atoms with E-state index in [1.165, 1.54) is 11.8 Å². The number of amides is 2. The van der Waals surface area contributed by atoms with Gasteiger partial charge in [-0.3, -0.25) is 9.59 Å². The number of nitrogens with one attached hydrogen (secondary N) is 2. The Kier molecular flexibility index (Phi) is 7.74. The Hall–Kier alpha value is -3.34. The molecular formula is C24H31N7O3S. The van der Waals surface area contributed by atoms with Gasteiger partial charge in [0.05, 0.1) is 31.2 Å². The largest absolute Gasteiger partial charge is 0.497 e. The predicted molar refractivity (Wildman–Crippen MR) is 137 cm³/mol. The van der Waals surface area contributed by atoms with E-state index < -0.39 is 5.92 Å². The molecule has 3 heterocycles. The smallest absolute Gasteiger partial charge is 0.227 e. The number of hydrogen-bond acceptors (Lipinski definition) is 8. The Labute approximate surface area is 208 Å². The molecule has 1 aliphatic heterocycles. The van der Waals surface area contributed by atoms with Crippen LogP contribution in [0.5, 0.6) is 5.75 Å². The Morgan fingerprint density at radius 3 is 2.89 bits per heavy atom. The second-order valence-electron chi connectivity index (χ2n) is 8.84. The van der Waals surface area contributed by atoms with Crippen molar-refractivity contribution in [2.75, 3.05) is 43.2 Å². The van der Waals surface area contributed by atoms with Crippen molar-refractivity contribution in [2.24, 2.45) is 11.8 Å². The summed E-state index contributed by atoms with van der Waals surface area (Å²) in [5.74, 6) is 1.31. The summed E-state index contributed by atoms with van der Waals surface area (Å²) >= 11 is 1.47. The number of aromatic nitrogens is 4. The van der Waals surface area contributed by atoms with Crippen LogP contribution in [0.2, 0.25) is 0 Å². The van der Waals surface area contributed by atoms with Crippen molar-refractivity contribution in [2.45, 2.75) is 32.0 Å². The second kappa shape index (κ2) is 10.9. The molecule has 35 heavy (non-hydrogen) atoms. The summed E-state index contributed by atoms with van der Waals surface area (Å²) in [5, 5.41) is 12.3. The molecule has 4 rings (SSSR count). The van der Waals surface area contributed by atoms with Crippen LogP contribution in [0.1, 0.15) is 20.3 Å². The van der Waals surface area contributed by atoms with Crippen LogP contribution >= 0.6 is 11.8 Å². The lowest BCUT2D eigenvalue weighted by molar-refractivity contribution is -0.126. The van der Waals surface area contributed by atoms with Gasteiger partial charge in [0.2, 0.25) is 11.8 Å². The fourth-order valence-corrected chi connectivity index (χ4v) is 4.33. The summed E-state index contributed by atoms with van der Waals surface area (Å²) in [6.45, 7) is 6.27. The third-order valence-corrected chi connectivity index (χ3v) is 6.37. The van der Waals surface area contributed by atoms with Crippen molar-refractivity contribution in [1.29, 1.82) is 0 Å². The van der Waals surface area contributed by atoms with Crippen LogP contribution < -0.4 is 20.3 Å². The maximum Gasteiger partial charge on any atom is 0.227 e. The van der Waals surface area contributed by atoms with Gasteiger partial charge in [-0.1, -0.05) is 31.7 Å². The molecule has 11 heteroatoms. The van der Waals surface area contributed by atoms with Crippen molar-refractivity contribution >= 4 is 46.1 Å². The summed E-state index contributed by atoms with van der Waals surface area (Å²) in [5.41, 5.74) is 1.46. The van der Waals surface area contributed by atoms with Gasteiger partial charge in [0.25, 0.3) is 0 Å². The molecule has 0 aliphatic carbocycles. The fraction of sp³-hybridized carbons (Fsp3) is 0.458. The van der Waals surface area contributed by atoms with Gasteiger partial charge >= 0.3 is 0 Å². The van der Waals surface area contributed by atoms with Crippen LogP contribution in [0, 0.1) is 11.8 Å². The first-order valence-electron chi connectivity index (χ1n) is 11.6. The molecule has 10 nitrogen and oxygen atoms in total. The van der Waals surface area contributed by atoms with E-state index in [-0.39, 0.29) is 18.2 Å². The minimum Gasteiger partial charge on any atom is -0.497 e. The highest BCUT2D eigenvalue weighted by molar-refractivity contribution is 7.98. The van der Waals surface area contributed by atoms with Gasteiger partial charge in [0.1, 0.15) is 11.6 Å². The minimum atomic E-state index is -0.402. The zero-order chi connectivity index (χ0) is 24.9. The first kappa shape index (κ1) is 24.8. The highest BCUT2D eigenvalue weighted by Gasteiger charge is 2.35. The maximum atomic E-state index is 12.8. The second-order valence-corrected chi connectivity index (χ2v) is 9.61. The van der Waals surface area contributed by atoms with Crippen LogP contribution in [0.25, 0.3) is 11.0 Å². The van der Waals surface area contributed by atoms with E-state index in [1.807, 2.05) is 24.5 Å². The SMILES string of the molecule is COc1cccc(N2CC(C(=O)NCCn3ncc4c(NCC(C)C)nc(SC)nc43)CC2=O)c1. The molecule has 1 aliphatic rings. The van der Waals surface area contributed by atoms with Crippen LogP contribution in [0.4, 0.5) is 11.5 Å². The van der Waals surface area contributed by atoms with E-state index in [0.29, 0.717) is 36.5 Å². The molecule has 1 atom stereocenters. The molecular weight excluding hydrogens is 466 g/mol. The minimum absolute atomic E-state index is 0.0702. The van der Waals surface area contributed by atoms with Crippen LogP contribution in [0.15, 0.2) is 35.6 Å². The van der Waals surface area contributed by atoms with Gasteiger partial charge in [0.15, 0.2) is 10.8 Å². The number of carbonyl (C=O) groups is 2. The molecule has 2 N–H and O–H groups in total. The zero-order valence-corrected chi connectivity index (χ0v) is 21.3. The first-order valence-corrected chi connectivity index (χ1v) is 12.9. The lowest BCUT2D eigenvalue weighted by Gasteiger charge is -2.17. The molecule has 1 fully saturated rings. The Morgan fingerprint density at radius 2 is 2.14 bits per heavy atom. The molecule has 1 aromatic carbocycles. The number of hydrogen-bond donors (Lipinski definition) is 2. The number of thioether (sulfide) groups is 1. The van der Waals surface area contributed by atoms with Crippen molar-refractivity contribution in [3.8, 4) is 5.75 Å². The number of fused-ring (bicyclic) bond motifs is 1. The topological polar surface area (TPSA) is 114 Å². The van der Waals surface area contributed by atoms with Crippen LogP contribution in [0.3, 0.4) is 0 Å². The molecule has 2 amide bonds. The summed E-state index contributed by atoms with van der Waals surface area (Å²) in [7, 11) is 1.58. The maximum absolute atomic E-state index is 12.8. The molecule has 0 bridgehead atoms. The monoisotopic (exact) mass is 497 g/mol. The fourth-order valence-electron chi connectivity index (χ4n) is 3.97. The Morgan fingerprint density at radius 1 is 1.31 bits per heavy atom. The molecule has 186 valence electrons. The van der Waals surface area contributed by atoms with E-state index in [0.717, 1.165) is 29.1 Å². The quantitative estimate of drug-likeness (QED) is 0.325. The van der Waals surface area contributed by atoms with Gasteiger partial charge in [-0.15, -0.1) is 0 Å². The van der Waals surface area contributed by atoms with Crippen molar-refractivity contribution < 1.29 is 14.3 Å². The summed E-state index contributed by atoms with van der Waals surface area (Å²) < 4.78 is 7.03. The first-order chi connectivity index (χ1) is 16.9. The van der Waals surface area contributed by atoms with Crippen molar-refractivity contribution in [1.82, 2.24) is 25.1 Å². The van der Waals surface area contributed by atoms with Gasteiger partial charge in [-0.25, -0.2) is 14.6 Å². The molecule has 0 saturated carbocycles. The molecule has 3 aromatic rings. The van der Waals surface area contributed by atoms with E-state index in [2.05, 4.69) is 39.5 Å². The Bertz CT molecular complexity index is 1210. The van der Waals surface area contributed by atoms with Gasteiger partial charge in [-0.05, 0) is 24.3 Å². The summed E-state index contributed by atoms with van der Waals surface area (Å²) in [4.78, 5) is 36.2. The summed E-state index contributed by atoms with van der Waals surface area (Å²) in [6, 6.07) is 7.30. The van der Waals surface area contributed by atoms with Crippen LogP contribution in [-0.4, -0.2) is 64.6 Å². The average Bonchev–Trinajstić information content (AvgIpc) is 3.45. The van der Waals surface area contributed by atoms with Gasteiger partial charge < -0.3 is 20.3 Å². The number of rotatable bonds is 10. The summed E-state index contributed by atoms with van der Waals surface area (Å²) in [6.07, 6.45) is 3.88.